The average Bonchev–Trinajstić information content (AvgIpc) is 3.39. The van der Waals surface area contributed by atoms with Crippen molar-refractivity contribution in [1.29, 1.82) is 0 Å². The molecule has 1 amide bonds. The van der Waals surface area contributed by atoms with Gasteiger partial charge in [-0.05, 0) is 55.5 Å². The lowest BCUT2D eigenvalue weighted by molar-refractivity contribution is -0.136. The Kier molecular flexibility index (Phi) is 5.60. The van der Waals surface area contributed by atoms with Crippen LogP contribution >= 0.6 is 11.6 Å². The second-order valence-corrected chi connectivity index (χ2v) is 9.47. The first-order valence-electron chi connectivity index (χ1n) is 11.3. The summed E-state index contributed by atoms with van der Waals surface area (Å²) < 4.78 is 17.3. The maximum absolute atomic E-state index is 13.8. The summed E-state index contributed by atoms with van der Waals surface area (Å²) in [6.07, 6.45) is 2.34. The number of phenols is 1. The second-order valence-electron chi connectivity index (χ2n) is 8.91. The molecule has 2 aromatic rings. The number of benzene rings is 1. The molecule has 3 aliphatic rings. The van der Waals surface area contributed by atoms with Gasteiger partial charge in [0.1, 0.15) is 11.9 Å². The van der Waals surface area contributed by atoms with Crippen LogP contribution in [0.1, 0.15) is 44.1 Å². The highest BCUT2D eigenvalue weighted by Gasteiger charge is 2.53. The maximum Gasteiger partial charge on any atom is 0.290 e. The Morgan fingerprint density at radius 3 is 2.79 bits per heavy atom. The van der Waals surface area contributed by atoms with Gasteiger partial charge < -0.3 is 23.9 Å². The minimum absolute atomic E-state index is 0.00533. The highest BCUT2D eigenvalue weighted by Crippen LogP contribution is 2.49. The molecule has 5 atom stereocenters. The van der Waals surface area contributed by atoms with Crippen LogP contribution in [0.15, 0.2) is 52.3 Å². The number of ketones is 1. The van der Waals surface area contributed by atoms with Crippen LogP contribution in [0, 0.1) is 11.8 Å². The van der Waals surface area contributed by atoms with Crippen molar-refractivity contribution in [2.45, 2.75) is 50.8 Å². The van der Waals surface area contributed by atoms with E-state index in [4.69, 9.17) is 25.5 Å². The van der Waals surface area contributed by atoms with Crippen molar-refractivity contribution in [3.63, 3.8) is 0 Å². The van der Waals surface area contributed by atoms with E-state index in [-0.39, 0.29) is 53.1 Å². The molecule has 0 saturated heterocycles. The summed E-state index contributed by atoms with van der Waals surface area (Å²) in [6, 6.07) is 7.75. The molecule has 7 nitrogen and oxygen atoms in total. The number of ether oxygens (including phenoxy) is 2. The van der Waals surface area contributed by atoms with Crippen LogP contribution < -0.4 is 4.74 Å². The number of hydrogen-bond donors (Lipinski definition) is 1. The van der Waals surface area contributed by atoms with Gasteiger partial charge in [0.25, 0.3) is 5.91 Å². The standard InChI is InChI=1S/C25H26ClNO6/c1-3-31-20-10-14(6-7-18(20)28)22-21-23(29)16-11-17(26)13(2)9-19(16)33-24(21)25(30)27(22)12-15-5-4-8-32-15/h4-8,10,13,16-17,19,22,28H,3,9,11-12H2,1-2H3. The fourth-order valence-corrected chi connectivity index (χ4v) is 5.41. The molecule has 5 rings (SSSR count). The summed E-state index contributed by atoms with van der Waals surface area (Å²) in [5.41, 5.74) is 1.00. The van der Waals surface area contributed by atoms with Crippen molar-refractivity contribution < 1.29 is 28.6 Å². The predicted octanol–water partition coefficient (Wildman–Crippen LogP) is 4.34. The van der Waals surface area contributed by atoms with Gasteiger partial charge in [-0.2, -0.15) is 0 Å². The molecule has 1 aliphatic carbocycles. The third-order valence-corrected chi connectivity index (χ3v) is 7.42. The maximum atomic E-state index is 13.8. The third kappa shape index (κ3) is 3.68. The van der Waals surface area contributed by atoms with Gasteiger partial charge >= 0.3 is 0 Å². The molecular weight excluding hydrogens is 446 g/mol. The van der Waals surface area contributed by atoms with E-state index in [1.807, 2.05) is 13.8 Å². The topological polar surface area (TPSA) is 89.2 Å². The van der Waals surface area contributed by atoms with Crippen molar-refractivity contribution in [1.82, 2.24) is 4.90 Å². The number of carbonyl (C=O) groups excluding carboxylic acids is 2. The number of rotatable bonds is 5. The molecule has 1 aromatic carbocycles. The van der Waals surface area contributed by atoms with Crippen LogP contribution in [0.5, 0.6) is 11.5 Å². The predicted molar refractivity (Wildman–Crippen MR) is 120 cm³/mol. The minimum Gasteiger partial charge on any atom is -0.504 e. The monoisotopic (exact) mass is 471 g/mol. The number of phenolic OH excluding ortho intramolecular Hbond substituents is 1. The number of carbonyl (C=O) groups is 2. The Hall–Kier alpha value is -2.93. The zero-order valence-corrected chi connectivity index (χ0v) is 19.2. The smallest absolute Gasteiger partial charge is 0.290 e. The van der Waals surface area contributed by atoms with Gasteiger partial charge in [0, 0.05) is 5.38 Å². The first-order valence-corrected chi connectivity index (χ1v) is 11.7. The molecule has 0 bridgehead atoms. The number of hydrogen-bond acceptors (Lipinski definition) is 6. The number of nitrogens with zero attached hydrogens (tertiary/aromatic N) is 1. The Morgan fingerprint density at radius 2 is 2.06 bits per heavy atom. The van der Waals surface area contributed by atoms with Crippen molar-refractivity contribution in [3.8, 4) is 11.5 Å². The fraction of sp³-hybridized carbons (Fsp3) is 0.440. The number of Topliss-reactive ketones (excluding diaryl/α,β-unsaturated/α-hetero) is 1. The zero-order valence-electron chi connectivity index (χ0n) is 18.5. The van der Waals surface area contributed by atoms with Crippen molar-refractivity contribution >= 4 is 23.3 Å². The van der Waals surface area contributed by atoms with Crippen LogP contribution in [0.3, 0.4) is 0 Å². The van der Waals surface area contributed by atoms with Crippen LogP contribution in [-0.2, 0) is 20.9 Å². The van der Waals surface area contributed by atoms with Gasteiger partial charge in [-0.25, -0.2) is 0 Å². The van der Waals surface area contributed by atoms with Gasteiger partial charge in [0.05, 0.1) is 36.9 Å². The molecule has 1 saturated carbocycles. The molecule has 0 spiro atoms. The molecular formula is C25H26ClNO6. The number of fused-ring (bicyclic) bond motifs is 1. The summed E-state index contributed by atoms with van der Waals surface area (Å²) in [7, 11) is 0. The SMILES string of the molecule is CCOc1cc(C2C3=C(OC4CC(C)C(Cl)CC4C3=O)C(=O)N2Cc2ccco2)ccc1O. The lowest BCUT2D eigenvalue weighted by Crippen LogP contribution is -2.44. The highest BCUT2D eigenvalue weighted by atomic mass is 35.5. The molecule has 33 heavy (non-hydrogen) atoms. The van der Waals surface area contributed by atoms with E-state index >= 15 is 0 Å². The lowest BCUT2D eigenvalue weighted by Gasteiger charge is -2.40. The number of alkyl halides is 1. The van der Waals surface area contributed by atoms with Crippen LogP contribution in [0.4, 0.5) is 0 Å². The minimum atomic E-state index is -0.681. The van der Waals surface area contributed by atoms with Gasteiger partial charge in [0.2, 0.25) is 0 Å². The van der Waals surface area contributed by atoms with Crippen molar-refractivity contribution in [2.24, 2.45) is 11.8 Å². The van der Waals surface area contributed by atoms with E-state index in [2.05, 4.69) is 0 Å². The Morgan fingerprint density at radius 1 is 1.24 bits per heavy atom. The van der Waals surface area contributed by atoms with Crippen molar-refractivity contribution in [3.05, 3.63) is 59.3 Å². The third-order valence-electron chi connectivity index (χ3n) is 6.81. The Bertz CT molecular complexity index is 1110. The van der Waals surface area contributed by atoms with Gasteiger partial charge in [-0.15, -0.1) is 11.6 Å². The molecule has 5 unspecified atom stereocenters. The molecule has 174 valence electrons. The van der Waals surface area contributed by atoms with Gasteiger partial charge in [0.15, 0.2) is 23.0 Å². The normalized spacial score (nSPS) is 29.1. The molecule has 3 heterocycles. The van der Waals surface area contributed by atoms with Gasteiger partial charge in [-0.1, -0.05) is 13.0 Å². The van der Waals surface area contributed by atoms with Crippen LogP contribution in [-0.4, -0.2) is 39.8 Å². The molecule has 1 fully saturated rings. The lowest BCUT2D eigenvalue weighted by atomic mass is 9.74. The molecule has 1 aromatic heterocycles. The quantitative estimate of drug-likeness (QED) is 0.652. The number of aromatic hydroxyl groups is 1. The summed E-state index contributed by atoms with van der Waals surface area (Å²) >= 11 is 6.52. The van der Waals surface area contributed by atoms with E-state index in [1.165, 1.54) is 6.07 Å². The van der Waals surface area contributed by atoms with E-state index in [9.17, 15) is 14.7 Å². The van der Waals surface area contributed by atoms with E-state index in [0.29, 0.717) is 42.1 Å². The molecule has 0 radical (unpaired) electrons. The van der Waals surface area contributed by atoms with Crippen LogP contribution in [0.25, 0.3) is 0 Å². The Labute approximate surface area is 196 Å². The summed E-state index contributed by atoms with van der Waals surface area (Å²) in [5.74, 6) is 0.374. The highest BCUT2D eigenvalue weighted by molar-refractivity contribution is 6.21. The average molecular weight is 472 g/mol. The number of amides is 1. The number of furan rings is 1. The van der Waals surface area contributed by atoms with E-state index in [0.717, 1.165) is 0 Å². The zero-order chi connectivity index (χ0) is 23.3. The Balaban J connectivity index is 1.59. The summed E-state index contributed by atoms with van der Waals surface area (Å²) in [6.45, 7) is 4.40. The van der Waals surface area contributed by atoms with E-state index in [1.54, 1.807) is 35.4 Å². The summed E-state index contributed by atoms with van der Waals surface area (Å²) in [4.78, 5) is 28.9. The first-order chi connectivity index (χ1) is 15.9. The fourth-order valence-electron chi connectivity index (χ4n) is 5.12. The molecule has 8 heteroatoms. The summed E-state index contributed by atoms with van der Waals surface area (Å²) in [5, 5.41) is 10.1. The number of halogens is 1. The van der Waals surface area contributed by atoms with Crippen molar-refractivity contribution in [2.75, 3.05) is 6.61 Å². The van der Waals surface area contributed by atoms with E-state index < -0.39 is 6.04 Å². The molecule has 2 aliphatic heterocycles. The first kappa shape index (κ1) is 21.9. The second kappa shape index (κ2) is 8.45. The largest absolute Gasteiger partial charge is 0.504 e. The molecule has 1 N–H and O–H groups in total. The van der Waals surface area contributed by atoms with Crippen LogP contribution in [0.2, 0.25) is 0 Å². The van der Waals surface area contributed by atoms with Gasteiger partial charge in [-0.3, -0.25) is 9.59 Å².